The van der Waals surface area contributed by atoms with Crippen molar-refractivity contribution in [2.24, 2.45) is 5.92 Å². The molecule has 1 saturated heterocycles. The molecule has 4 nitrogen and oxygen atoms in total. The lowest BCUT2D eigenvalue weighted by atomic mass is 10.0. The average Bonchev–Trinajstić information content (AvgIpc) is 2.62. The van der Waals surface area contributed by atoms with Gasteiger partial charge in [0.25, 0.3) is 0 Å². The van der Waals surface area contributed by atoms with Gasteiger partial charge in [-0.05, 0) is 39.2 Å². The SMILES string of the molecule is Cc1noc(C)c1COCC1CCCNC1.Cl. The molecule has 5 heteroatoms. The van der Waals surface area contributed by atoms with Gasteiger partial charge in [-0.25, -0.2) is 0 Å². The van der Waals surface area contributed by atoms with E-state index in [1.165, 1.54) is 12.8 Å². The number of hydrogen-bond donors (Lipinski definition) is 1. The van der Waals surface area contributed by atoms with Crippen LogP contribution in [-0.4, -0.2) is 24.9 Å². The molecule has 0 saturated carbocycles. The molecule has 17 heavy (non-hydrogen) atoms. The highest BCUT2D eigenvalue weighted by Crippen LogP contribution is 2.15. The summed E-state index contributed by atoms with van der Waals surface area (Å²) in [5.74, 6) is 1.54. The average molecular weight is 261 g/mol. The Morgan fingerprint density at radius 1 is 1.47 bits per heavy atom. The highest BCUT2D eigenvalue weighted by molar-refractivity contribution is 5.85. The molecule has 1 fully saturated rings. The predicted molar refractivity (Wildman–Crippen MR) is 68.5 cm³/mol. The van der Waals surface area contributed by atoms with Gasteiger partial charge in [0.15, 0.2) is 0 Å². The molecular formula is C12H21ClN2O2. The Morgan fingerprint density at radius 2 is 2.29 bits per heavy atom. The Balaban J connectivity index is 0.00000144. The molecule has 0 amide bonds. The zero-order valence-corrected chi connectivity index (χ0v) is 11.3. The first-order valence-electron chi connectivity index (χ1n) is 5.97. The summed E-state index contributed by atoms with van der Waals surface area (Å²) < 4.78 is 10.8. The van der Waals surface area contributed by atoms with E-state index in [-0.39, 0.29) is 12.4 Å². The number of rotatable bonds is 4. The molecule has 98 valence electrons. The Labute approximate surface area is 108 Å². The number of nitrogens with zero attached hydrogens (tertiary/aromatic N) is 1. The first-order chi connectivity index (χ1) is 7.77. The van der Waals surface area contributed by atoms with Crippen LogP contribution in [0, 0.1) is 19.8 Å². The van der Waals surface area contributed by atoms with Gasteiger partial charge >= 0.3 is 0 Å². The summed E-state index contributed by atoms with van der Waals surface area (Å²) in [4.78, 5) is 0. The van der Waals surface area contributed by atoms with Crippen LogP contribution >= 0.6 is 12.4 Å². The normalized spacial score (nSPS) is 20.0. The van der Waals surface area contributed by atoms with Gasteiger partial charge < -0.3 is 14.6 Å². The molecule has 0 aromatic carbocycles. The molecule has 2 rings (SSSR count). The summed E-state index contributed by atoms with van der Waals surface area (Å²) in [7, 11) is 0. The second-order valence-corrected chi connectivity index (χ2v) is 4.53. The van der Waals surface area contributed by atoms with E-state index in [0.29, 0.717) is 12.5 Å². The van der Waals surface area contributed by atoms with E-state index >= 15 is 0 Å². The summed E-state index contributed by atoms with van der Waals surface area (Å²) in [6.07, 6.45) is 2.54. The fourth-order valence-corrected chi connectivity index (χ4v) is 2.10. The van der Waals surface area contributed by atoms with Crippen LogP contribution < -0.4 is 5.32 Å². The largest absolute Gasteiger partial charge is 0.376 e. The number of nitrogens with one attached hydrogen (secondary N) is 1. The molecule has 0 radical (unpaired) electrons. The monoisotopic (exact) mass is 260 g/mol. The van der Waals surface area contributed by atoms with E-state index in [2.05, 4.69) is 10.5 Å². The topological polar surface area (TPSA) is 47.3 Å². The molecule has 1 unspecified atom stereocenters. The molecule has 1 N–H and O–H groups in total. The summed E-state index contributed by atoms with van der Waals surface area (Å²) in [5.41, 5.74) is 2.04. The number of halogens is 1. The fraction of sp³-hybridized carbons (Fsp3) is 0.750. The zero-order valence-electron chi connectivity index (χ0n) is 10.5. The van der Waals surface area contributed by atoms with Crippen molar-refractivity contribution in [1.29, 1.82) is 0 Å². The van der Waals surface area contributed by atoms with Crippen molar-refractivity contribution in [2.45, 2.75) is 33.3 Å². The molecule has 0 aliphatic carbocycles. The maximum atomic E-state index is 5.74. The summed E-state index contributed by atoms with van der Waals surface area (Å²) >= 11 is 0. The quantitative estimate of drug-likeness (QED) is 0.902. The standard InChI is InChI=1S/C12H20N2O2.ClH/c1-9-12(10(2)16-14-9)8-15-7-11-4-3-5-13-6-11;/h11,13H,3-8H2,1-2H3;1H. The number of piperidine rings is 1. The van der Waals surface area contributed by atoms with Crippen molar-refractivity contribution < 1.29 is 9.26 Å². The van der Waals surface area contributed by atoms with Gasteiger partial charge in [0, 0.05) is 12.1 Å². The van der Waals surface area contributed by atoms with Gasteiger partial charge in [-0.15, -0.1) is 12.4 Å². The van der Waals surface area contributed by atoms with Crippen LogP contribution in [0.25, 0.3) is 0 Å². The predicted octanol–water partition coefficient (Wildman–Crippen LogP) is 2.23. The highest BCUT2D eigenvalue weighted by Gasteiger charge is 2.14. The van der Waals surface area contributed by atoms with Crippen LogP contribution in [0.5, 0.6) is 0 Å². The second-order valence-electron chi connectivity index (χ2n) is 4.53. The number of ether oxygens (including phenoxy) is 1. The lowest BCUT2D eigenvalue weighted by Gasteiger charge is -2.22. The molecule has 1 atom stereocenters. The third kappa shape index (κ3) is 3.98. The van der Waals surface area contributed by atoms with Gasteiger partial charge in [-0.1, -0.05) is 5.16 Å². The lowest BCUT2D eigenvalue weighted by molar-refractivity contribution is 0.0773. The molecule has 1 aromatic heterocycles. The third-order valence-corrected chi connectivity index (χ3v) is 3.18. The van der Waals surface area contributed by atoms with Gasteiger partial charge in [0.05, 0.1) is 18.9 Å². The van der Waals surface area contributed by atoms with E-state index in [1.807, 2.05) is 13.8 Å². The van der Waals surface area contributed by atoms with Crippen molar-refractivity contribution in [3.63, 3.8) is 0 Å². The molecule has 0 spiro atoms. The summed E-state index contributed by atoms with van der Waals surface area (Å²) in [6.45, 7) is 7.58. The maximum Gasteiger partial charge on any atom is 0.139 e. The zero-order chi connectivity index (χ0) is 11.4. The van der Waals surface area contributed by atoms with Crippen molar-refractivity contribution in [2.75, 3.05) is 19.7 Å². The van der Waals surface area contributed by atoms with Crippen molar-refractivity contribution in [3.8, 4) is 0 Å². The van der Waals surface area contributed by atoms with E-state index in [9.17, 15) is 0 Å². The van der Waals surface area contributed by atoms with E-state index in [1.54, 1.807) is 0 Å². The van der Waals surface area contributed by atoms with E-state index in [4.69, 9.17) is 9.26 Å². The lowest BCUT2D eigenvalue weighted by Crippen LogP contribution is -2.32. The van der Waals surface area contributed by atoms with Crippen LogP contribution in [0.15, 0.2) is 4.52 Å². The minimum atomic E-state index is 0. The van der Waals surface area contributed by atoms with Crippen LogP contribution in [0.4, 0.5) is 0 Å². The maximum absolute atomic E-state index is 5.74. The second kappa shape index (κ2) is 6.99. The van der Waals surface area contributed by atoms with Crippen LogP contribution in [0.2, 0.25) is 0 Å². The Kier molecular flexibility index (Phi) is 5.95. The van der Waals surface area contributed by atoms with Crippen LogP contribution in [0.3, 0.4) is 0 Å². The Hall–Kier alpha value is -0.580. The number of aromatic nitrogens is 1. The summed E-state index contributed by atoms with van der Waals surface area (Å²) in [6, 6.07) is 0. The fourth-order valence-electron chi connectivity index (χ4n) is 2.10. The Bertz CT molecular complexity index is 316. The number of aryl methyl sites for hydroxylation is 2. The van der Waals surface area contributed by atoms with Gasteiger partial charge in [0.2, 0.25) is 0 Å². The number of hydrogen-bond acceptors (Lipinski definition) is 4. The molecule has 0 bridgehead atoms. The van der Waals surface area contributed by atoms with Gasteiger partial charge in [-0.2, -0.15) is 0 Å². The van der Waals surface area contributed by atoms with Gasteiger partial charge in [-0.3, -0.25) is 0 Å². The van der Waals surface area contributed by atoms with E-state index in [0.717, 1.165) is 36.7 Å². The highest BCUT2D eigenvalue weighted by atomic mass is 35.5. The first-order valence-corrected chi connectivity index (χ1v) is 5.97. The Morgan fingerprint density at radius 3 is 2.88 bits per heavy atom. The van der Waals surface area contributed by atoms with Crippen molar-refractivity contribution in [1.82, 2.24) is 10.5 Å². The van der Waals surface area contributed by atoms with Gasteiger partial charge in [0.1, 0.15) is 5.76 Å². The summed E-state index contributed by atoms with van der Waals surface area (Å²) in [5, 5.41) is 7.30. The third-order valence-electron chi connectivity index (χ3n) is 3.18. The molecule has 1 aliphatic rings. The van der Waals surface area contributed by atoms with Crippen molar-refractivity contribution >= 4 is 12.4 Å². The van der Waals surface area contributed by atoms with Crippen LogP contribution in [0.1, 0.15) is 29.9 Å². The molecule has 1 aromatic rings. The van der Waals surface area contributed by atoms with Crippen LogP contribution in [-0.2, 0) is 11.3 Å². The smallest absolute Gasteiger partial charge is 0.139 e. The minimum absolute atomic E-state index is 0. The molecule has 2 heterocycles. The minimum Gasteiger partial charge on any atom is -0.376 e. The van der Waals surface area contributed by atoms with E-state index < -0.39 is 0 Å². The van der Waals surface area contributed by atoms with Crippen molar-refractivity contribution in [3.05, 3.63) is 17.0 Å². The first kappa shape index (κ1) is 14.5. The molecule has 1 aliphatic heterocycles. The molecular weight excluding hydrogens is 240 g/mol.